The van der Waals surface area contributed by atoms with E-state index >= 15 is 0 Å². The maximum absolute atomic E-state index is 9.00. The van der Waals surface area contributed by atoms with Gasteiger partial charge in [0, 0.05) is 19.1 Å². The molecule has 2 N–H and O–H groups in total. The molecule has 0 aromatic heterocycles. The lowest BCUT2D eigenvalue weighted by atomic mass is 10.1. The summed E-state index contributed by atoms with van der Waals surface area (Å²) in [6.07, 6.45) is 0.504. The summed E-state index contributed by atoms with van der Waals surface area (Å²) >= 11 is 17.2. The highest BCUT2D eigenvalue weighted by atomic mass is 35.6. The zero-order valence-electron chi connectivity index (χ0n) is 9.16. The SMILES string of the molecule is CC(=O)O.OCCc1ccccc1C(Cl)(Cl)Cl. The first-order valence-electron chi connectivity index (χ1n) is 4.74. The first kappa shape index (κ1) is 16.5. The summed E-state index contributed by atoms with van der Waals surface area (Å²) < 4.78 is -1.41. The second-order valence-electron chi connectivity index (χ2n) is 3.15. The standard InChI is InChI=1S/C9H9Cl3O.C2H4O2/c10-9(11,12)8-4-2-1-3-7(8)5-6-13;1-2(3)4/h1-4,13H,5-6H2;1H3,(H,3,4). The van der Waals surface area contributed by atoms with Crippen LogP contribution in [0, 0.1) is 0 Å². The van der Waals surface area contributed by atoms with Gasteiger partial charge in [-0.05, 0) is 12.0 Å². The van der Waals surface area contributed by atoms with E-state index in [0.717, 1.165) is 12.5 Å². The Bertz CT molecular complexity index is 357. The molecule has 0 atom stereocenters. The van der Waals surface area contributed by atoms with Crippen LogP contribution in [0.3, 0.4) is 0 Å². The van der Waals surface area contributed by atoms with E-state index in [2.05, 4.69) is 0 Å². The molecule has 0 spiro atoms. The van der Waals surface area contributed by atoms with Crippen molar-refractivity contribution in [2.75, 3.05) is 6.61 Å². The second-order valence-corrected chi connectivity index (χ2v) is 5.43. The Labute approximate surface area is 115 Å². The molecule has 96 valence electrons. The van der Waals surface area contributed by atoms with E-state index in [0.29, 0.717) is 12.0 Å². The molecule has 0 aliphatic carbocycles. The molecule has 3 nitrogen and oxygen atoms in total. The molecule has 0 amide bonds. The molecule has 1 rings (SSSR count). The fraction of sp³-hybridized carbons (Fsp3) is 0.364. The van der Waals surface area contributed by atoms with Gasteiger partial charge in [0.2, 0.25) is 3.79 Å². The highest BCUT2D eigenvalue weighted by molar-refractivity contribution is 6.66. The minimum atomic E-state index is -1.41. The van der Waals surface area contributed by atoms with Gasteiger partial charge in [0.15, 0.2) is 0 Å². The van der Waals surface area contributed by atoms with Gasteiger partial charge in [-0.2, -0.15) is 0 Å². The quantitative estimate of drug-likeness (QED) is 0.825. The molecule has 1 aromatic carbocycles. The van der Waals surface area contributed by atoms with E-state index in [9.17, 15) is 0 Å². The summed E-state index contributed by atoms with van der Waals surface area (Å²) in [6.45, 7) is 1.14. The lowest BCUT2D eigenvalue weighted by Gasteiger charge is -2.15. The topological polar surface area (TPSA) is 57.5 Å². The molecule has 17 heavy (non-hydrogen) atoms. The molecule has 6 heteroatoms. The van der Waals surface area contributed by atoms with E-state index in [-0.39, 0.29) is 6.61 Å². The number of halogens is 3. The summed E-state index contributed by atoms with van der Waals surface area (Å²) in [4.78, 5) is 9.00. The van der Waals surface area contributed by atoms with Crippen molar-refractivity contribution in [3.8, 4) is 0 Å². The van der Waals surface area contributed by atoms with Gasteiger partial charge in [0.25, 0.3) is 5.97 Å². The normalized spacial score (nSPS) is 10.4. The zero-order chi connectivity index (χ0) is 13.5. The minimum Gasteiger partial charge on any atom is -0.481 e. The third-order valence-electron chi connectivity index (χ3n) is 1.70. The lowest BCUT2D eigenvalue weighted by Crippen LogP contribution is -2.06. The number of hydrogen-bond acceptors (Lipinski definition) is 2. The van der Waals surface area contributed by atoms with Gasteiger partial charge in [-0.3, -0.25) is 4.79 Å². The van der Waals surface area contributed by atoms with Gasteiger partial charge in [-0.15, -0.1) is 0 Å². The number of carbonyl (C=O) groups is 1. The third-order valence-corrected chi connectivity index (χ3v) is 2.31. The van der Waals surface area contributed by atoms with Crippen LogP contribution in [0.1, 0.15) is 18.1 Å². The van der Waals surface area contributed by atoms with Crippen LogP contribution in [-0.2, 0) is 15.0 Å². The molecule has 0 radical (unpaired) electrons. The third kappa shape index (κ3) is 7.45. The predicted molar refractivity (Wildman–Crippen MR) is 69.8 cm³/mol. The molecule has 0 saturated heterocycles. The molecule has 0 bridgehead atoms. The molecule has 0 unspecified atom stereocenters. The van der Waals surface area contributed by atoms with Crippen LogP contribution in [0.25, 0.3) is 0 Å². The summed E-state index contributed by atoms with van der Waals surface area (Å²) in [5.74, 6) is -0.833. The van der Waals surface area contributed by atoms with Crippen LogP contribution in [0.15, 0.2) is 24.3 Å². The van der Waals surface area contributed by atoms with E-state index in [1.165, 1.54) is 0 Å². The zero-order valence-corrected chi connectivity index (χ0v) is 11.4. The molecular formula is C11H13Cl3O3. The van der Waals surface area contributed by atoms with Crippen molar-refractivity contribution in [1.82, 2.24) is 0 Å². The molecule has 0 aliphatic heterocycles. The number of aliphatic hydroxyl groups excluding tert-OH is 1. The van der Waals surface area contributed by atoms with E-state index < -0.39 is 9.76 Å². The van der Waals surface area contributed by atoms with Crippen LogP contribution in [0.2, 0.25) is 0 Å². The highest BCUT2D eigenvalue weighted by Crippen LogP contribution is 2.39. The van der Waals surface area contributed by atoms with Crippen LogP contribution in [0.5, 0.6) is 0 Å². The largest absolute Gasteiger partial charge is 0.481 e. The Morgan fingerprint density at radius 1 is 1.29 bits per heavy atom. The van der Waals surface area contributed by atoms with Gasteiger partial charge in [-0.1, -0.05) is 59.1 Å². The second kappa shape index (κ2) is 7.77. The molecule has 1 aromatic rings. The van der Waals surface area contributed by atoms with Gasteiger partial charge >= 0.3 is 0 Å². The first-order valence-corrected chi connectivity index (χ1v) is 5.88. The number of aliphatic hydroxyl groups is 1. The van der Waals surface area contributed by atoms with Crippen molar-refractivity contribution < 1.29 is 15.0 Å². The monoisotopic (exact) mass is 298 g/mol. The van der Waals surface area contributed by atoms with Crippen molar-refractivity contribution >= 4 is 40.8 Å². The smallest absolute Gasteiger partial charge is 0.300 e. The molecule has 0 aliphatic rings. The van der Waals surface area contributed by atoms with E-state index in [1.54, 1.807) is 12.1 Å². The van der Waals surface area contributed by atoms with Crippen LogP contribution >= 0.6 is 34.8 Å². The van der Waals surface area contributed by atoms with Gasteiger partial charge in [0.05, 0.1) is 0 Å². The van der Waals surface area contributed by atoms with Crippen LogP contribution in [-0.4, -0.2) is 22.8 Å². The number of hydrogen-bond donors (Lipinski definition) is 2. The van der Waals surface area contributed by atoms with Crippen molar-refractivity contribution in [3.05, 3.63) is 35.4 Å². The first-order chi connectivity index (χ1) is 7.79. The fourth-order valence-corrected chi connectivity index (χ4v) is 1.69. The maximum Gasteiger partial charge on any atom is 0.300 e. The average Bonchev–Trinajstić information content (AvgIpc) is 2.16. The lowest BCUT2D eigenvalue weighted by molar-refractivity contribution is -0.134. The summed E-state index contributed by atoms with van der Waals surface area (Å²) in [5, 5.41) is 16.2. The Morgan fingerprint density at radius 3 is 2.18 bits per heavy atom. The van der Waals surface area contributed by atoms with Crippen molar-refractivity contribution in [2.24, 2.45) is 0 Å². The molecule has 0 saturated carbocycles. The highest BCUT2D eigenvalue weighted by Gasteiger charge is 2.24. The molecule has 0 fully saturated rings. The number of aliphatic carboxylic acids is 1. The van der Waals surface area contributed by atoms with E-state index in [4.69, 9.17) is 49.8 Å². The Balaban J connectivity index is 0.000000557. The Hall–Kier alpha value is -0.480. The average molecular weight is 300 g/mol. The Kier molecular flexibility index (Phi) is 7.55. The van der Waals surface area contributed by atoms with Crippen LogP contribution in [0.4, 0.5) is 0 Å². The number of alkyl halides is 3. The fourth-order valence-electron chi connectivity index (χ4n) is 1.14. The minimum absolute atomic E-state index is 0.0533. The van der Waals surface area contributed by atoms with Crippen molar-refractivity contribution in [1.29, 1.82) is 0 Å². The number of carboxylic acids is 1. The van der Waals surface area contributed by atoms with Gasteiger partial charge in [-0.25, -0.2) is 0 Å². The summed E-state index contributed by atoms with van der Waals surface area (Å²) in [5.41, 5.74) is 1.50. The van der Waals surface area contributed by atoms with Crippen molar-refractivity contribution in [2.45, 2.75) is 17.1 Å². The van der Waals surface area contributed by atoms with Crippen LogP contribution < -0.4 is 0 Å². The van der Waals surface area contributed by atoms with Crippen molar-refractivity contribution in [3.63, 3.8) is 0 Å². The molecular weight excluding hydrogens is 286 g/mol. The number of rotatable bonds is 2. The Morgan fingerprint density at radius 2 is 1.76 bits per heavy atom. The van der Waals surface area contributed by atoms with Gasteiger partial charge in [0.1, 0.15) is 0 Å². The van der Waals surface area contributed by atoms with E-state index in [1.807, 2.05) is 12.1 Å². The molecule has 0 heterocycles. The summed E-state index contributed by atoms with van der Waals surface area (Å²) in [7, 11) is 0. The number of carboxylic acid groups (broad SMARTS) is 1. The maximum atomic E-state index is 9.00. The summed E-state index contributed by atoms with van der Waals surface area (Å²) in [6, 6.07) is 7.24. The van der Waals surface area contributed by atoms with Gasteiger partial charge < -0.3 is 10.2 Å². The number of benzene rings is 1. The predicted octanol–water partition coefficient (Wildman–Crippen LogP) is 3.14.